The van der Waals surface area contributed by atoms with Gasteiger partial charge in [0, 0.05) is 17.0 Å². The van der Waals surface area contributed by atoms with Gasteiger partial charge in [-0.1, -0.05) is 23.7 Å². The summed E-state index contributed by atoms with van der Waals surface area (Å²) >= 11 is 5.60. The molecule has 76 valence electrons. The highest BCUT2D eigenvalue weighted by atomic mass is 35.5. The molecular weight excluding hydrogens is 217 g/mol. The molecule has 1 N–H and O–H groups in total. The van der Waals surface area contributed by atoms with E-state index in [9.17, 15) is 18.3 Å². The third-order valence-corrected chi connectivity index (χ3v) is 2.74. The van der Waals surface area contributed by atoms with E-state index in [4.69, 9.17) is 11.6 Å². The lowest BCUT2D eigenvalue weighted by atomic mass is 9.73. The Balaban J connectivity index is 2.54. The van der Waals surface area contributed by atoms with Gasteiger partial charge in [0.05, 0.1) is 0 Å². The van der Waals surface area contributed by atoms with Crippen molar-refractivity contribution in [2.24, 2.45) is 0 Å². The second-order valence-corrected chi connectivity index (χ2v) is 3.72. The van der Waals surface area contributed by atoms with E-state index >= 15 is 0 Å². The molecule has 0 aliphatic heterocycles. The summed E-state index contributed by atoms with van der Waals surface area (Å²) < 4.78 is 37.3. The van der Waals surface area contributed by atoms with Crippen LogP contribution in [0.25, 0.3) is 0 Å². The molecule has 1 aromatic carbocycles. The van der Waals surface area contributed by atoms with Gasteiger partial charge in [-0.05, 0) is 11.6 Å². The zero-order valence-electron chi connectivity index (χ0n) is 6.90. The molecule has 1 atom stereocenters. The summed E-state index contributed by atoms with van der Waals surface area (Å²) in [6.45, 7) is 0. The van der Waals surface area contributed by atoms with E-state index in [0.717, 1.165) is 0 Å². The molecule has 1 unspecified atom stereocenters. The molecule has 1 aliphatic carbocycles. The van der Waals surface area contributed by atoms with Crippen molar-refractivity contribution in [3.05, 3.63) is 34.3 Å². The summed E-state index contributed by atoms with van der Waals surface area (Å²) in [5.41, 5.74) is -2.49. The number of hydrogen-bond donors (Lipinski definition) is 1. The number of alkyl halides is 3. The van der Waals surface area contributed by atoms with Gasteiger partial charge in [-0.15, -0.1) is 0 Å². The van der Waals surface area contributed by atoms with Crippen molar-refractivity contribution >= 4 is 11.6 Å². The first-order valence-corrected chi connectivity index (χ1v) is 4.31. The van der Waals surface area contributed by atoms with Gasteiger partial charge in [-0.3, -0.25) is 0 Å². The second-order valence-electron chi connectivity index (χ2n) is 3.31. The van der Waals surface area contributed by atoms with Crippen LogP contribution in [0.1, 0.15) is 11.1 Å². The molecule has 0 amide bonds. The fourth-order valence-corrected chi connectivity index (χ4v) is 2.03. The first kappa shape index (κ1) is 9.80. The summed E-state index contributed by atoms with van der Waals surface area (Å²) in [6, 6.07) is 4.44. The van der Waals surface area contributed by atoms with E-state index in [1.807, 2.05) is 0 Å². The van der Waals surface area contributed by atoms with Crippen LogP contribution in [-0.2, 0) is 12.0 Å². The Hall–Kier alpha value is -0.740. The third kappa shape index (κ3) is 1.07. The van der Waals surface area contributed by atoms with Crippen LogP contribution >= 0.6 is 11.6 Å². The normalized spacial score (nSPS) is 25.5. The van der Waals surface area contributed by atoms with Crippen LogP contribution in [0.3, 0.4) is 0 Å². The highest BCUT2D eigenvalue weighted by molar-refractivity contribution is 6.31. The molecule has 1 nitrogen and oxygen atoms in total. The first-order chi connectivity index (χ1) is 6.36. The van der Waals surface area contributed by atoms with E-state index in [2.05, 4.69) is 0 Å². The van der Waals surface area contributed by atoms with Crippen molar-refractivity contribution in [1.29, 1.82) is 0 Å². The highest BCUT2D eigenvalue weighted by Crippen LogP contribution is 2.52. The van der Waals surface area contributed by atoms with Crippen molar-refractivity contribution < 1.29 is 18.3 Å². The van der Waals surface area contributed by atoms with Crippen molar-refractivity contribution in [2.45, 2.75) is 18.2 Å². The summed E-state index contributed by atoms with van der Waals surface area (Å²) in [7, 11) is 0. The Kier molecular flexibility index (Phi) is 1.85. The minimum Gasteiger partial charge on any atom is -0.376 e. The fraction of sp³-hybridized carbons (Fsp3) is 0.333. The Labute approximate surface area is 83.1 Å². The van der Waals surface area contributed by atoms with Gasteiger partial charge in [0.25, 0.3) is 0 Å². The van der Waals surface area contributed by atoms with Crippen molar-refractivity contribution in [3.63, 3.8) is 0 Å². The van der Waals surface area contributed by atoms with Crippen LogP contribution in [0.5, 0.6) is 0 Å². The molecule has 0 bridgehead atoms. The lowest BCUT2D eigenvalue weighted by molar-refractivity contribution is -0.275. The number of benzene rings is 1. The zero-order valence-corrected chi connectivity index (χ0v) is 7.65. The van der Waals surface area contributed by atoms with E-state index in [0.29, 0.717) is 5.56 Å². The monoisotopic (exact) mass is 222 g/mol. The van der Waals surface area contributed by atoms with E-state index < -0.39 is 18.2 Å². The van der Waals surface area contributed by atoms with Crippen LogP contribution in [0.2, 0.25) is 5.02 Å². The van der Waals surface area contributed by atoms with Crippen LogP contribution in [0.4, 0.5) is 13.2 Å². The lowest BCUT2D eigenvalue weighted by Crippen LogP contribution is -2.51. The standard InChI is InChI=1S/C9H6ClF3O/c10-6-3-1-2-5-4-8(14,7(5)6)9(11,12)13/h1-3,14H,4H2. The van der Waals surface area contributed by atoms with Crippen molar-refractivity contribution in [1.82, 2.24) is 0 Å². The summed E-state index contributed by atoms with van der Waals surface area (Å²) in [6.07, 6.45) is -5.07. The highest BCUT2D eigenvalue weighted by Gasteiger charge is 2.61. The van der Waals surface area contributed by atoms with Crippen LogP contribution < -0.4 is 0 Å². The van der Waals surface area contributed by atoms with Gasteiger partial charge < -0.3 is 5.11 Å². The van der Waals surface area contributed by atoms with Crippen LogP contribution in [0, 0.1) is 0 Å². The minimum atomic E-state index is -4.66. The van der Waals surface area contributed by atoms with Gasteiger partial charge in [0.1, 0.15) is 0 Å². The second kappa shape index (κ2) is 2.64. The third-order valence-electron chi connectivity index (χ3n) is 2.43. The zero-order chi connectivity index (χ0) is 10.6. The molecule has 5 heteroatoms. The number of aliphatic hydroxyl groups is 1. The maximum Gasteiger partial charge on any atom is 0.421 e. The number of fused-ring (bicyclic) bond motifs is 1. The Morgan fingerprint density at radius 3 is 2.50 bits per heavy atom. The molecule has 1 aliphatic rings. The summed E-state index contributed by atoms with van der Waals surface area (Å²) in [5.74, 6) is 0. The van der Waals surface area contributed by atoms with Gasteiger partial charge >= 0.3 is 6.18 Å². The Morgan fingerprint density at radius 1 is 1.36 bits per heavy atom. The maximum absolute atomic E-state index is 12.4. The lowest BCUT2D eigenvalue weighted by Gasteiger charge is -2.41. The SMILES string of the molecule is OC1(C(F)(F)F)Cc2cccc(Cl)c21. The predicted octanol–water partition coefficient (Wildman–Crippen LogP) is 2.65. The molecule has 14 heavy (non-hydrogen) atoms. The Bertz CT molecular complexity index is 374. The molecule has 2 rings (SSSR count). The minimum absolute atomic E-state index is 0.0337. The molecule has 0 spiro atoms. The number of hydrogen-bond acceptors (Lipinski definition) is 1. The molecular formula is C9H6ClF3O. The first-order valence-electron chi connectivity index (χ1n) is 3.93. The molecule has 0 radical (unpaired) electrons. The largest absolute Gasteiger partial charge is 0.421 e. The predicted molar refractivity (Wildman–Crippen MR) is 45.1 cm³/mol. The van der Waals surface area contributed by atoms with E-state index in [-0.39, 0.29) is 10.6 Å². The van der Waals surface area contributed by atoms with Crippen LogP contribution in [-0.4, -0.2) is 11.3 Å². The average molecular weight is 223 g/mol. The average Bonchev–Trinajstić information content (AvgIpc) is 1.99. The van der Waals surface area contributed by atoms with Crippen molar-refractivity contribution in [2.75, 3.05) is 0 Å². The molecule has 0 aromatic heterocycles. The smallest absolute Gasteiger partial charge is 0.376 e. The van der Waals surface area contributed by atoms with Gasteiger partial charge in [-0.25, -0.2) is 0 Å². The summed E-state index contributed by atoms with van der Waals surface area (Å²) in [5, 5.41) is 9.34. The molecule has 0 saturated heterocycles. The maximum atomic E-state index is 12.4. The summed E-state index contributed by atoms with van der Waals surface area (Å²) in [4.78, 5) is 0. The molecule has 0 heterocycles. The van der Waals surface area contributed by atoms with Crippen LogP contribution in [0.15, 0.2) is 18.2 Å². The van der Waals surface area contributed by atoms with E-state index in [1.165, 1.54) is 12.1 Å². The molecule has 0 saturated carbocycles. The van der Waals surface area contributed by atoms with Gasteiger partial charge in [-0.2, -0.15) is 13.2 Å². The molecule has 1 aromatic rings. The quantitative estimate of drug-likeness (QED) is 0.716. The van der Waals surface area contributed by atoms with Gasteiger partial charge in [0.15, 0.2) is 5.60 Å². The number of rotatable bonds is 0. The topological polar surface area (TPSA) is 20.2 Å². The van der Waals surface area contributed by atoms with Crippen molar-refractivity contribution in [3.8, 4) is 0 Å². The number of halogens is 4. The fourth-order valence-electron chi connectivity index (χ4n) is 1.68. The van der Waals surface area contributed by atoms with Gasteiger partial charge in [0.2, 0.25) is 0 Å². The molecule has 0 fully saturated rings. The van der Waals surface area contributed by atoms with E-state index in [1.54, 1.807) is 6.07 Å². The Morgan fingerprint density at radius 2 is 2.00 bits per heavy atom.